The van der Waals surface area contributed by atoms with Crippen LogP contribution in [0, 0.1) is 6.92 Å². The van der Waals surface area contributed by atoms with Crippen LogP contribution in [-0.2, 0) is 6.42 Å². The summed E-state index contributed by atoms with van der Waals surface area (Å²) in [5.41, 5.74) is 5.35. The molecule has 28 heavy (non-hydrogen) atoms. The van der Waals surface area contributed by atoms with E-state index in [2.05, 4.69) is 20.7 Å². The summed E-state index contributed by atoms with van der Waals surface area (Å²) in [5, 5.41) is 15.1. The standard InChI is InChI=1S/C20H19N7O/c1-12-4-3-5-17(24-12)27-18(14-6-8-22-19(14)25-27)13-7-9-26-16(10-13)15(11-23-26)20(28)21-2/h3-5,7,9-11H,6,8H2,1-2H3,(H,21,28)(H,22,25). The van der Waals surface area contributed by atoms with Crippen molar-refractivity contribution in [1.82, 2.24) is 29.7 Å². The van der Waals surface area contributed by atoms with Gasteiger partial charge < -0.3 is 10.6 Å². The van der Waals surface area contributed by atoms with Gasteiger partial charge in [-0.3, -0.25) is 4.79 Å². The third-order valence-electron chi connectivity index (χ3n) is 5.01. The van der Waals surface area contributed by atoms with E-state index < -0.39 is 0 Å². The average molecular weight is 373 g/mol. The summed E-state index contributed by atoms with van der Waals surface area (Å²) in [7, 11) is 1.62. The van der Waals surface area contributed by atoms with Gasteiger partial charge in [0.05, 0.1) is 23.0 Å². The van der Waals surface area contributed by atoms with E-state index in [1.165, 1.54) is 0 Å². The van der Waals surface area contributed by atoms with Crippen LogP contribution in [0.4, 0.5) is 5.82 Å². The molecule has 8 nitrogen and oxygen atoms in total. The van der Waals surface area contributed by atoms with Crippen LogP contribution in [0.2, 0.25) is 0 Å². The molecule has 0 aliphatic carbocycles. The average Bonchev–Trinajstić information content (AvgIpc) is 3.40. The number of carbonyl (C=O) groups is 1. The number of aromatic nitrogens is 5. The number of pyridine rings is 2. The first-order chi connectivity index (χ1) is 13.7. The van der Waals surface area contributed by atoms with Gasteiger partial charge in [-0.15, -0.1) is 5.10 Å². The Bertz CT molecular complexity index is 1220. The smallest absolute Gasteiger partial charge is 0.254 e. The summed E-state index contributed by atoms with van der Waals surface area (Å²) < 4.78 is 3.59. The second kappa shape index (κ2) is 6.19. The lowest BCUT2D eigenvalue weighted by Crippen LogP contribution is -2.17. The molecule has 1 amide bonds. The van der Waals surface area contributed by atoms with E-state index in [4.69, 9.17) is 5.10 Å². The SMILES string of the molecule is CNC(=O)c1cnn2ccc(-c3c4c(nn3-c3cccc(C)n3)NCC4)cc12. The van der Waals surface area contributed by atoms with Crippen molar-refractivity contribution >= 4 is 17.2 Å². The zero-order valence-electron chi connectivity index (χ0n) is 15.6. The minimum Gasteiger partial charge on any atom is -0.368 e. The number of nitrogens with one attached hydrogen (secondary N) is 2. The van der Waals surface area contributed by atoms with E-state index in [9.17, 15) is 4.79 Å². The predicted octanol–water partition coefficient (Wildman–Crippen LogP) is 2.22. The Hall–Kier alpha value is -3.68. The highest BCUT2D eigenvalue weighted by Crippen LogP contribution is 2.35. The van der Waals surface area contributed by atoms with Crippen LogP contribution in [0.3, 0.4) is 0 Å². The van der Waals surface area contributed by atoms with Gasteiger partial charge in [0.2, 0.25) is 0 Å². The quantitative estimate of drug-likeness (QED) is 0.575. The molecule has 0 spiro atoms. The molecule has 5 rings (SSSR count). The molecular weight excluding hydrogens is 354 g/mol. The number of fused-ring (bicyclic) bond motifs is 2. The molecule has 1 aliphatic heterocycles. The van der Waals surface area contributed by atoms with Gasteiger partial charge in [0.1, 0.15) is 0 Å². The van der Waals surface area contributed by atoms with Gasteiger partial charge in [0, 0.05) is 36.6 Å². The van der Waals surface area contributed by atoms with Crippen molar-refractivity contribution in [3.05, 3.63) is 59.5 Å². The maximum Gasteiger partial charge on any atom is 0.254 e. The van der Waals surface area contributed by atoms with Crippen molar-refractivity contribution in [3.63, 3.8) is 0 Å². The van der Waals surface area contributed by atoms with Crippen molar-refractivity contribution in [2.75, 3.05) is 18.9 Å². The van der Waals surface area contributed by atoms with Crippen LogP contribution in [0.5, 0.6) is 0 Å². The molecule has 0 saturated carbocycles. The fourth-order valence-electron chi connectivity index (χ4n) is 3.68. The van der Waals surface area contributed by atoms with Crippen molar-refractivity contribution in [2.24, 2.45) is 0 Å². The number of rotatable bonds is 3. The predicted molar refractivity (Wildman–Crippen MR) is 106 cm³/mol. The molecule has 0 unspecified atom stereocenters. The number of nitrogens with zero attached hydrogens (tertiary/aromatic N) is 5. The maximum absolute atomic E-state index is 12.2. The minimum absolute atomic E-state index is 0.159. The van der Waals surface area contributed by atoms with E-state index in [1.54, 1.807) is 17.8 Å². The maximum atomic E-state index is 12.2. The number of anilines is 1. The first kappa shape index (κ1) is 16.5. The fourth-order valence-corrected chi connectivity index (χ4v) is 3.68. The van der Waals surface area contributed by atoms with E-state index in [0.717, 1.165) is 52.6 Å². The molecule has 0 bridgehead atoms. The second-order valence-electron chi connectivity index (χ2n) is 6.78. The Morgan fingerprint density at radius 1 is 1.29 bits per heavy atom. The summed E-state index contributed by atoms with van der Waals surface area (Å²) >= 11 is 0. The number of amides is 1. The van der Waals surface area contributed by atoms with Gasteiger partial charge in [0.25, 0.3) is 5.91 Å². The van der Waals surface area contributed by atoms with Crippen molar-refractivity contribution in [2.45, 2.75) is 13.3 Å². The molecule has 0 radical (unpaired) electrons. The van der Waals surface area contributed by atoms with Crippen LogP contribution in [-0.4, -0.2) is 43.9 Å². The number of hydrogen-bond acceptors (Lipinski definition) is 5. The zero-order valence-corrected chi connectivity index (χ0v) is 15.6. The van der Waals surface area contributed by atoms with Gasteiger partial charge in [0.15, 0.2) is 11.6 Å². The third-order valence-corrected chi connectivity index (χ3v) is 5.01. The zero-order chi connectivity index (χ0) is 19.3. The van der Waals surface area contributed by atoms with Crippen molar-refractivity contribution in [3.8, 4) is 17.1 Å². The Morgan fingerprint density at radius 2 is 2.18 bits per heavy atom. The van der Waals surface area contributed by atoms with Crippen molar-refractivity contribution < 1.29 is 4.79 Å². The number of aryl methyl sites for hydroxylation is 1. The molecular formula is C20H19N7O. The van der Waals surface area contributed by atoms with E-state index in [-0.39, 0.29) is 5.91 Å². The molecule has 0 aromatic carbocycles. The lowest BCUT2D eigenvalue weighted by atomic mass is 10.1. The fraction of sp³-hybridized carbons (Fsp3) is 0.200. The summed E-state index contributed by atoms with van der Waals surface area (Å²) in [6, 6.07) is 9.87. The summed E-state index contributed by atoms with van der Waals surface area (Å²) in [5.74, 6) is 1.50. The molecule has 1 aliphatic rings. The Morgan fingerprint density at radius 3 is 3.00 bits per heavy atom. The number of carbonyl (C=O) groups excluding carboxylic acids is 1. The molecule has 2 N–H and O–H groups in total. The first-order valence-electron chi connectivity index (χ1n) is 9.15. The van der Waals surface area contributed by atoms with Crippen LogP contribution in [0.1, 0.15) is 21.6 Å². The highest BCUT2D eigenvalue weighted by atomic mass is 16.1. The van der Waals surface area contributed by atoms with Crippen LogP contribution < -0.4 is 10.6 Å². The van der Waals surface area contributed by atoms with Crippen molar-refractivity contribution in [1.29, 1.82) is 0 Å². The lowest BCUT2D eigenvalue weighted by molar-refractivity contribution is 0.0964. The highest BCUT2D eigenvalue weighted by molar-refractivity contribution is 6.01. The molecule has 4 aromatic rings. The minimum atomic E-state index is -0.159. The monoisotopic (exact) mass is 373 g/mol. The highest BCUT2D eigenvalue weighted by Gasteiger charge is 2.25. The Kier molecular flexibility index (Phi) is 3.65. The summed E-state index contributed by atoms with van der Waals surface area (Å²) in [4.78, 5) is 16.8. The van der Waals surface area contributed by atoms with Gasteiger partial charge in [-0.2, -0.15) is 5.10 Å². The van der Waals surface area contributed by atoms with Crippen LogP contribution in [0.25, 0.3) is 22.6 Å². The van der Waals surface area contributed by atoms with E-state index in [0.29, 0.717) is 5.56 Å². The molecule has 140 valence electrons. The third kappa shape index (κ3) is 2.45. The lowest BCUT2D eigenvalue weighted by Gasteiger charge is -2.10. The second-order valence-corrected chi connectivity index (χ2v) is 6.78. The largest absolute Gasteiger partial charge is 0.368 e. The molecule has 0 fully saturated rings. The van der Waals surface area contributed by atoms with Crippen LogP contribution in [0.15, 0.2) is 42.7 Å². The summed E-state index contributed by atoms with van der Waals surface area (Å²) in [6.45, 7) is 2.83. The Balaban J connectivity index is 1.74. The van der Waals surface area contributed by atoms with Gasteiger partial charge in [-0.1, -0.05) is 6.07 Å². The molecule has 4 aromatic heterocycles. The van der Waals surface area contributed by atoms with Gasteiger partial charge in [-0.25, -0.2) is 14.2 Å². The van der Waals surface area contributed by atoms with E-state index in [1.807, 2.05) is 48.1 Å². The topological polar surface area (TPSA) is 89.1 Å². The Labute approximate surface area is 161 Å². The van der Waals surface area contributed by atoms with E-state index >= 15 is 0 Å². The first-order valence-corrected chi connectivity index (χ1v) is 9.15. The van der Waals surface area contributed by atoms with Gasteiger partial charge >= 0.3 is 0 Å². The number of hydrogen-bond donors (Lipinski definition) is 2. The summed E-state index contributed by atoms with van der Waals surface area (Å²) in [6.07, 6.45) is 4.35. The van der Waals surface area contributed by atoms with Gasteiger partial charge in [-0.05, 0) is 37.6 Å². The normalized spacial score (nSPS) is 12.8. The molecule has 5 heterocycles. The molecule has 0 saturated heterocycles. The molecule has 0 atom stereocenters. The van der Waals surface area contributed by atoms with Crippen LogP contribution >= 0.6 is 0 Å². The molecule has 8 heteroatoms.